The first-order valence-electron chi connectivity index (χ1n) is 16.6. The number of rotatable bonds is 15. The maximum absolute atomic E-state index is 13.2. The predicted octanol–water partition coefficient (Wildman–Crippen LogP) is 6.94. The Labute approximate surface area is 330 Å². The van der Waals surface area contributed by atoms with E-state index in [-0.39, 0.29) is 34.7 Å². The minimum Gasteiger partial charge on any atom is -0.490 e. The number of hydrogen-bond acceptors (Lipinski definition) is 10. The molecule has 0 aliphatic carbocycles. The summed E-state index contributed by atoms with van der Waals surface area (Å²) in [5.41, 5.74) is 3.04. The summed E-state index contributed by atoms with van der Waals surface area (Å²) in [5, 5.41) is 19.8. The van der Waals surface area contributed by atoms with Gasteiger partial charge >= 0.3 is 11.9 Å². The van der Waals surface area contributed by atoms with Gasteiger partial charge in [-0.3, -0.25) is 19.4 Å². The van der Waals surface area contributed by atoms with Crippen LogP contribution >= 0.6 is 48.0 Å². The highest BCUT2D eigenvalue weighted by Crippen LogP contribution is 2.36. The second-order valence-corrected chi connectivity index (χ2v) is 15.4. The quantitative estimate of drug-likeness (QED) is 0.0734. The fraction of sp³-hybridized carbons (Fsp3) is 0.150. The summed E-state index contributed by atoms with van der Waals surface area (Å²) < 4.78 is 12.0. The Morgan fingerprint density at radius 1 is 0.593 bits per heavy atom. The molecular weight excluding hydrogens is 765 g/mol. The molecule has 0 radical (unpaired) electrons. The lowest BCUT2D eigenvalue weighted by atomic mass is 10.0. The third-order valence-electron chi connectivity index (χ3n) is 8.36. The van der Waals surface area contributed by atoms with Gasteiger partial charge in [0.25, 0.3) is 11.8 Å². The number of carboxylic acids is 2. The smallest absolute Gasteiger partial charge is 0.327 e. The molecule has 0 unspecified atom stereocenters. The maximum atomic E-state index is 13.2. The normalized spacial score (nSPS) is 17.0. The highest BCUT2D eigenvalue weighted by Gasteiger charge is 2.41. The molecule has 2 aliphatic rings. The van der Waals surface area contributed by atoms with Crippen LogP contribution in [0.25, 0.3) is 12.2 Å². The molecule has 6 rings (SSSR count). The van der Waals surface area contributed by atoms with E-state index in [9.17, 15) is 29.4 Å². The van der Waals surface area contributed by atoms with Crippen molar-refractivity contribution in [2.45, 2.75) is 24.9 Å². The standard InChI is InChI=1S/C40H32N2O8S4/c43-35-33(53-39(51)41(35)31(37(45)46)21-25-7-3-1-4-8-25)23-27-11-15-29(16-12-27)49-19-20-50-30-17-13-28(14-18-30)24-34-36(44)42(40(52)54-34)32(38(47)48)22-26-9-5-2-6-10-26/h1-18,23-24,31-32H,19-22H2,(H,45,46)(H,47,48)/b33-23-,34-24-/t31-,32-/m0/s1. The van der Waals surface area contributed by atoms with Crippen LogP contribution in [0.4, 0.5) is 0 Å². The van der Waals surface area contributed by atoms with Crippen LogP contribution in [0.1, 0.15) is 22.3 Å². The fourth-order valence-corrected chi connectivity index (χ4v) is 8.41. The summed E-state index contributed by atoms with van der Waals surface area (Å²) in [4.78, 5) is 53.7. The summed E-state index contributed by atoms with van der Waals surface area (Å²) >= 11 is 13.0. The minimum absolute atomic E-state index is 0.138. The van der Waals surface area contributed by atoms with Crippen molar-refractivity contribution in [1.29, 1.82) is 0 Å². The molecular formula is C40H32N2O8S4. The molecule has 2 heterocycles. The summed E-state index contributed by atoms with van der Waals surface area (Å²) in [7, 11) is 0. The van der Waals surface area contributed by atoms with Gasteiger partial charge in [0, 0.05) is 12.8 Å². The van der Waals surface area contributed by atoms with Gasteiger partial charge in [-0.25, -0.2) is 9.59 Å². The SMILES string of the molecule is O=C(O)[C@H](Cc1ccccc1)N1C(=O)/C(=C/c2ccc(OCCOc3ccc(/C=C4\SC(=S)N([C@@H](Cc5ccccc5)C(=O)O)C4=O)cc3)cc2)SC1=S. The van der Waals surface area contributed by atoms with Crippen LogP contribution in [-0.2, 0) is 32.0 Å². The number of carbonyl (C=O) groups is 4. The van der Waals surface area contributed by atoms with E-state index in [4.69, 9.17) is 33.9 Å². The number of amides is 2. The van der Waals surface area contributed by atoms with Crippen molar-refractivity contribution >= 4 is 92.5 Å². The van der Waals surface area contributed by atoms with Gasteiger partial charge in [0.1, 0.15) is 45.4 Å². The number of hydrogen-bond donors (Lipinski definition) is 2. The Morgan fingerprint density at radius 2 is 0.944 bits per heavy atom. The van der Waals surface area contributed by atoms with Gasteiger partial charge < -0.3 is 19.7 Å². The lowest BCUT2D eigenvalue weighted by Crippen LogP contribution is -2.45. The number of carbonyl (C=O) groups excluding carboxylic acids is 2. The zero-order chi connectivity index (χ0) is 38.2. The van der Waals surface area contributed by atoms with Crippen molar-refractivity contribution in [3.63, 3.8) is 0 Å². The highest BCUT2D eigenvalue weighted by molar-refractivity contribution is 8.27. The lowest BCUT2D eigenvalue weighted by molar-refractivity contribution is -0.145. The van der Waals surface area contributed by atoms with E-state index in [1.807, 2.05) is 60.7 Å². The van der Waals surface area contributed by atoms with E-state index in [1.165, 1.54) is 9.80 Å². The van der Waals surface area contributed by atoms with Crippen LogP contribution in [0.3, 0.4) is 0 Å². The maximum Gasteiger partial charge on any atom is 0.327 e. The van der Waals surface area contributed by atoms with E-state index in [2.05, 4.69) is 0 Å². The molecule has 0 spiro atoms. The van der Waals surface area contributed by atoms with Gasteiger partial charge in [0.2, 0.25) is 0 Å². The van der Waals surface area contributed by atoms with Crippen molar-refractivity contribution in [1.82, 2.24) is 9.80 Å². The Kier molecular flexibility index (Phi) is 12.6. The molecule has 2 amide bonds. The number of ether oxygens (including phenoxy) is 2. The average Bonchev–Trinajstić information content (AvgIpc) is 3.60. The molecule has 2 fully saturated rings. The summed E-state index contributed by atoms with van der Waals surface area (Å²) in [6, 6.07) is 30.2. The number of aliphatic carboxylic acids is 2. The molecule has 2 saturated heterocycles. The molecule has 2 atom stereocenters. The number of nitrogens with zero attached hydrogens (tertiary/aromatic N) is 2. The van der Waals surface area contributed by atoms with Crippen LogP contribution in [0.5, 0.6) is 11.5 Å². The van der Waals surface area contributed by atoms with Crippen LogP contribution in [0.2, 0.25) is 0 Å². The Balaban J connectivity index is 0.985. The molecule has 0 bridgehead atoms. The van der Waals surface area contributed by atoms with Crippen molar-refractivity contribution < 1.29 is 38.9 Å². The third kappa shape index (κ3) is 9.44. The van der Waals surface area contributed by atoms with E-state index < -0.39 is 35.8 Å². The largest absolute Gasteiger partial charge is 0.490 e. The Bertz CT molecular complexity index is 1970. The number of carboxylic acid groups (broad SMARTS) is 2. The van der Waals surface area contributed by atoms with E-state index >= 15 is 0 Å². The molecule has 4 aromatic carbocycles. The van der Waals surface area contributed by atoms with Gasteiger partial charge in [0.05, 0.1) is 9.81 Å². The molecule has 274 valence electrons. The van der Waals surface area contributed by atoms with E-state index in [0.717, 1.165) is 45.8 Å². The van der Waals surface area contributed by atoms with Crippen LogP contribution in [-0.4, -0.2) is 77.7 Å². The number of thioether (sulfide) groups is 2. The zero-order valence-corrected chi connectivity index (χ0v) is 31.7. The summed E-state index contributed by atoms with van der Waals surface area (Å²) in [6.07, 6.45) is 3.63. The number of thiocarbonyl (C=S) groups is 2. The first kappa shape index (κ1) is 38.4. The van der Waals surface area contributed by atoms with Gasteiger partial charge in [-0.2, -0.15) is 0 Å². The van der Waals surface area contributed by atoms with E-state index in [0.29, 0.717) is 21.3 Å². The zero-order valence-electron chi connectivity index (χ0n) is 28.4. The molecule has 0 saturated carbocycles. The van der Waals surface area contributed by atoms with Gasteiger partial charge in [-0.05, 0) is 58.7 Å². The third-order valence-corrected chi connectivity index (χ3v) is 11.0. The van der Waals surface area contributed by atoms with Gasteiger partial charge in [0.15, 0.2) is 0 Å². The Hall–Kier alpha value is -5.28. The molecule has 14 heteroatoms. The van der Waals surface area contributed by atoms with Gasteiger partial charge in [-0.15, -0.1) is 0 Å². The predicted molar refractivity (Wildman–Crippen MR) is 217 cm³/mol. The topological polar surface area (TPSA) is 134 Å². The summed E-state index contributed by atoms with van der Waals surface area (Å²) in [6.45, 7) is 0.516. The average molecular weight is 797 g/mol. The van der Waals surface area contributed by atoms with Gasteiger partial charge in [-0.1, -0.05) is 133 Å². The second kappa shape index (κ2) is 17.7. The highest BCUT2D eigenvalue weighted by atomic mass is 32.2. The molecule has 2 aliphatic heterocycles. The second-order valence-electron chi connectivity index (χ2n) is 12.0. The van der Waals surface area contributed by atoms with E-state index in [1.54, 1.807) is 60.7 Å². The molecule has 10 nitrogen and oxygen atoms in total. The van der Waals surface area contributed by atoms with Crippen molar-refractivity contribution in [2.24, 2.45) is 0 Å². The van der Waals surface area contributed by atoms with Crippen LogP contribution in [0, 0.1) is 0 Å². The Morgan fingerprint density at radius 3 is 1.28 bits per heavy atom. The first-order valence-corrected chi connectivity index (χ1v) is 19.1. The van der Waals surface area contributed by atoms with Crippen LogP contribution in [0.15, 0.2) is 119 Å². The number of benzene rings is 4. The first-order chi connectivity index (χ1) is 26.1. The molecule has 2 N–H and O–H groups in total. The van der Waals surface area contributed by atoms with Crippen LogP contribution < -0.4 is 9.47 Å². The monoisotopic (exact) mass is 796 g/mol. The summed E-state index contributed by atoms with van der Waals surface area (Å²) in [5.74, 6) is -1.95. The lowest BCUT2D eigenvalue weighted by Gasteiger charge is -2.23. The van der Waals surface area contributed by atoms with Crippen molar-refractivity contribution in [3.05, 3.63) is 141 Å². The fourth-order valence-electron chi connectivity index (χ4n) is 5.69. The minimum atomic E-state index is -1.13. The van der Waals surface area contributed by atoms with Crippen molar-refractivity contribution in [2.75, 3.05) is 13.2 Å². The molecule has 54 heavy (non-hydrogen) atoms. The van der Waals surface area contributed by atoms with Crippen molar-refractivity contribution in [3.8, 4) is 11.5 Å². The molecule has 0 aromatic heterocycles. The molecule has 4 aromatic rings.